The van der Waals surface area contributed by atoms with Crippen LogP contribution in [0.3, 0.4) is 0 Å². The van der Waals surface area contributed by atoms with Crippen molar-refractivity contribution < 1.29 is 20.1 Å². The maximum absolute atomic E-state index is 10.1. The second-order valence-electron chi connectivity index (χ2n) is 4.41. The van der Waals surface area contributed by atoms with Gasteiger partial charge in [0.05, 0.1) is 6.61 Å². The molecule has 0 aromatic carbocycles. The lowest BCUT2D eigenvalue weighted by atomic mass is 10.1. The molecule has 108 valence electrons. The second-order valence-corrected chi connectivity index (χ2v) is 5.12. The van der Waals surface area contributed by atoms with Crippen LogP contribution in [-0.2, 0) is 4.74 Å². The van der Waals surface area contributed by atoms with E-state index in [1.807, 2.05) is 0 Å². The zero-order valence-corrected chi connectivity index (χ0v) is 11.7. The third-order valence-electron chi connectivity index (χ3n) is 3.23. The molecule has 2 aromatic heterocycles. The Hall–Kier alpha value is -1.33. The van der Waals surface area contributed by atoms with Gasteiger partial charge in [0.15, 0.2) is 27.9 Å². The first-order valence-corrected chi connectivity index (χ1v) is 6.60. The number of rotatable bonds is 2. The highest BCUT2D eigenvalue weighted by Gasteiger charge is 2.44. The molecule has 4 atom stereocenters. The predicted octanol–water partition coefficient (Wildman–Crippen LogP) is -1.22. The van der Waals surface area contributed by atoms with Gasteiger partial charge >= 0.3 is 0 Å². The highest BCUT2D eigenvalue weighted by molar-refractivity contribution is 9.10. The van der Waals surface area contributed by atoms with Gasteiger partial charge in [0.1, 0.15) is 24.6 Å². The summed E-state index contributed by atoms with van der Waals surface area (Å²) < 4.78 is 7.23. The fourth-order valence-corrected chi connectivity index (χ4v) is 2.77. The Labute approximate surface area is 121 Å². The number of aromatic nitrogens is 4. The summed E-state index contributed by atoms with van der Waals surface area (Å²) >= 11 is 3.24. The number of nitrogens with zero attached hydrogens (tertiary/aromatic N) is 4. The van der Waals surface area contributed by atoms with E-state index in [4.69, 9.17) is 15.6 Å². The van der Waals surface area contributed by atoms with Crippen LogP contribution in [0.15, 0.2) is 11.1 Å². The number of nitrogens with two attached hydrogens (primary N) is 1. The molecule has 0 spiro atoms. The lowest BCUT2D eigenvalue weighted by molar-refractivity contribution is -0.0521. The Morgan fingerprint density at radius 1 is 1.35 bits per heavy atom. The van der Waals surface area contributed by atoms with E-state index in [-0.39, 0.29) is 5.82 Å². The number of hydrogen-bond donors (Lipinski definition) is 4. The van der Waals surface area contributed by atoms with Crippen molar-refractivity contribution in [3.63, 3.8) is 0 Å². The molecular formula is C10H12BrN5O4. The highest BCUT2D eigenvalue weighted by Crippen LogP contribution is 2.34. The standard InChI is InChI=1S/C10H12BrN5O4/c11-10-15-4-7(12)13-2-14-8(4)16(10)9-6(19)5(18)3(1-17)20-9/h2-3,5-6,9,17-19H,1H2,(H2,12,13,14)/t3-,5-,6-,9-/m0/s1. The SMILES string of the molecule is Nc1ncnc2c1nc(Br)n2[C@H]1O[C@@H](CO)[C@H](O)[C@@H]1O. The fraction of sp³-hybridized carbons (Fsp3) is 0.500. The Morgan fingerprint density at radius 2 is 2.10 bits per heavy atom. The van der Waals surface area contributed by atoms with Gasteiger partial charge < -0.3 is 25.8 Å². The van der Waals surface area contributed by atoms with Crippen molar-refractivity contribution in [1.82, 2.24) is 19.5 Å². The van der Waals surface area contributed by atoms with Crippen molar-refractivity contribution in [2.75, 3.05) is 12.3 Å². The van der Waals surface area contributed by atoms with Gasteiger partial charge in [0.25, 0.3) is 0 Å². The van der Waals surface area contributed by atoms with E-state index in [1.54, 1.807) is 0 Å². The third kappa shape index (κ3) is 1.88. The summed E-state index contributed by atoms with van der Waals surface area (Å²) in [6.07, 6.45) is -2.97. The molecule has 0 radical (unpaired) electrons. The number of nitrogen functional groups attached to an aromatic ring is 1. The molecular weight excluding hydrogens is 334 g/mol. The number of fused-ring (bicyclic) bond motifs is 1. The van der Waals surface area contributed by atoms with E-state index in [0.29, 0.717) is 15.9 Å². The van der Waals surface area contributed by atoms with Crippen molar-refractivity contribution in [1.29, 1.82) is 0 Å². The topological polar surface area (TPSA) is 140 Å². The number of halogens is 1. The molecule has 0 amide bonds. The van der Waals surface area contributed by atoms with Gasteiger partial charge in [-0.2, -0.15) is 0 Å². The maximum Gasteiger partial charge on any atom is 0.181 e. The van der Waals surface area contributed by atoms with Gasteiger partial charge in [-0.1, -0.05) is 0 Å². The van der Waals surface area contributed by atoms with Gasteiger partial charge in [-0.3, -0.25) is 4.57 Å². The summed E-state index contributed by atoms with van der Waals surface area (Å²) in [7, 11) is 0. The molecule has 0 bridgehead atoms. The number of imidazole rings is 1. The lowest BCUT2D eigenvalue weighted by Gasteiger charge is -2.17. The molecule has 0 unspecified atom stereocenters. The first-order chi connectivity index (χ1) is 9.54. The summed E-state index contributed by atoms with van der Waals surface area (Å²) in [5.41, 5.74) is 6.43. The zero-order chi connectivity index (χ0) is 14.4. The Morgan fingerprint density at radius 3 is 2.75 bits per heavy atom. The number of anilines is 1. The Kier molecular flexibility index (Phi) is 3.34. The number of aliphatic hydroxyl groups is 3. The van der Waals surface area contributed by atoms with E-state index in [1.165, 1.54) is 10.9 Å². The van der Waals surface area contributed by atoms with E-state index in [2.05, 4.69) is 30.9 Å². The van der Waals surface area contributed by atoms with Crippen LogP contribution in [0.2, 0.25) is 0 Å². The molecule has 3 rings (SSSR count). The van der Waals surface area contributed by atoms with E-state index in [0.717, 1.165) is 0 Å². The molecule has 1 aliphatic rings. The van der Waals surface area contributed by atoms with Crippen LogP contribution in [0.5, 0.6) is 0 Å². The molecule has 10 heteroatoms. The van der Waals surface area contributed by atoms with Gasteiger partial charge in [-0.25, -0.2) is 15.0 Å². The van der Waals surface area contributed by atoms with Crippen LogP contribution in [0.1, 0.15) is 6.23 Å². The van der Waals surface area contributed by atoms with Crippen molar-refractivity contribution in [2.24, 2.45) is 0 Å². The van der Waals surface area contributed by atoms with Crippen molar-refractivity contribution in [2.45, 2.75) is 24.5 Å². The zero-order valence-electron chi connectivity index (χ0n) is 10.1. The maximum atomic E-state index is 10.1. The van der Waals surface area contributed by atoms with Crippen LogP contribution in [-0.4, -0.2) is 59.8 Å². The van der Waals surface area contributed by atoms with Gasteiger partial charge in [0, 0.05) is 0 Å². The average Bonchev–Trinajstić information content (AvgIpc) is 2.90. The van der Waals surface area contributed by atoms with Crippen molar-refractivity contribution in [3.05, 3.63) is 11.1 Å². The molecule has 0 saturated carbocycles. The molecule has 0 aliphatic carbocycles. The van der Waals surface area contributed by atoms with E-state index < -0.39 is 31.1 Å². The van der Waals surface area contributed by atoms with E-state index in [9.17, 15) is 10.2 Å². The first-order valence-electron chi connectivity index (χ1n) is 5.81. The van der Waals surface area contributed by atoms with Gasteiger partial charge in [0.2, 0.25) is 0 Å². The van der Waals surface area contributed by atoms with Crippen molar-refractivity contribution >= 4 is 32.9 Å². The number of ether oxygens (including phenoxy) is 1. The summed E-state index contributed by atoms with van der Waals surface area (Å²) in [5, 5.41) is 29.0. The third-order valence-corrected chi connectivity index (χ3v) is 3.79. The average molecular weight is 346 g/mol. The minimum atomic E-state index is -1.22. The molecule has 1 saturated heterocycles. The van der Waals surface area contributed by atoms with Crippen LogP contribution >= 0.6 is 15.9 Å². The highest BCUT2D eigenvalue weighted by atomic mass is 79.9. The van der Waals surface area contributed by atoms with Crippen LogP contribution in [0, 0.1) is 0 Å². The van der Waals surface area contributed by atoms with Crippen molar-refractivity contribution in [3.8, 4) is 0 Å². The molecule has 9 nitrogen and oxygen atoms in total. The molecule has 1 fully saturated rings. The first kappa shape index (κ1) is 13.6. The minimum absolute atomic E-state index is 0.196. The summed E-state index contributed by atoms with van der Waals surface area (Å²) in [6.45, 7) is -0.407. The normalized spacial score (nSPS) is 30.2. The lowest BCUT2D eigenvalue weighted by Crippen LogP contribution is -2.33. The monoisotopic (exact) mass is 345 g/mol. The molecule has 20 heavy (non-hydrogen) atoms. The van der Waals surface area contributed by atoms with Crippen LogP contribution in [0.25, 0.3) is 11.2 Å². The molecule has 1 aliphatic heterocycles. The number of aliphatic hydroxyl groups excluding tert-OH is 3. The second kappa shape index (κ2) is 4.90. The Balaban J connectivity index is 2.11. The molecule has 3 heterocycles. The van der Waals surface area contributed by atoms with Crippen LogP contribution in [0.4, 0.5) is 5.82 Å². The predicted molar refractivity (Wildman–Crippen MR) is 70.4 cm³/mol. The van der Waals surface area contributed by atoms with Crippen LogP contribution < -0.4 is 5.73 Å². The molecule has 5 N–H and O–H groups in total. The summed E-state index contributed by atoms with van der Waals surface area (Å²) in [6, 6.07) is 0. The Bertz CT molecular complexity index is 650. The summed E-state index contributed by atoms with van der Waals surface area (Å²) in [4.78, 5) is 12.1. The number of hydrogen-bond acceptors (Lipinski definition) is 8. The smallest absolute Gasteiger partial charge is 0.181 e. The largest absolute Gasteiger partial charge is 0.394 e. The van der Waals surface area contributed by atoms with Gasteiger partial charge in [-0.05, 0) is 15.9 Å². The van der Waals surface area contributed by atoms with Gasteiger partial charge in [-0.15, -0.1) is 0 Å². The van der Waals surface area contributed by atoms with E-state index >= 15 is 0 Å². The summed E-state index contributed by atoms with van der Waals surface area (Å²) in [5.74, 6) is 0.196. The molecule has 2 aromatic rings. The minimum Gasteiger partial charge on any atom is -0.394 e. The fourth-order valence-electron chi connectivity index (χ4n) is 2.22. The quantitative estimate of drug-likeness (QED) is 0.496.